The summed E-state index contributed by atoms with van der Waals surface area (Å²) in [5.41, 5.74) is 0.308. The molecule has 0 bridgehead atoms. The van der Waals surface area contributed by atoms with Gasteiger partial charge in [0.1, 0.15) is 5.69 Å². The number of esters is 1. The van der Waals surface area contributed by atoms with Gasteiger partial charge in [0.05, 0.1) is 13.2 Å². The number of ether oxygens (including phenoxy) is 2. The molecule has 23 heavy (non-hydrogen) atoms. The number of carbonyl (C=O) groups is 1. The van der Waals surface area contributed by atoms with Gasteiger partial charge in [-0.1, -0.05) is 20.8 Å². The number of hydrogen-bond acceptors (Lipinski definition) is 5. The molecule has 0 aliphatic rings. The molecule has 0 aliphatic carbocycles. The molecule has 1 aromatic rings. The van der Waals surface area contributed by atoms with Gasteiger partial charge in [0.25, 0.3) is 0 Å². The quantitative estimate of drug-likeness (QED) is 0.420. The fourth-order valence-electron chi connectivity index (χ4n) is 1.62. The Morgan fingerprint density at radius 2 is 1.91 bits per heavy atom. The summed E-state index contributed by atoms with van der Waals surface area (Å²) in [5, 5.41) is 6.78. The minimum absolute atomic E-state index is 0.238. The number of H-pyrrole nitrogens is 1. The van der Waals surface area contributed by atoms with Crippen LogP contribution in [0.15, 0.2) is 6.07 Å². The summed E-state index contributed by atoms with van der Waals surface area (Å²) < 4.78 is 16.5. The van der Waals surface area contributed by atoms with Gasteiger partial charge >= 0.3 is 5.97 Å². The van der Waals surface area contributed by atoms with Gasteiger partial charge in [-0.15, -0.1) is 5.10 Å². The Hall–Kier alpha value is -1.34. The zero-order chi connectivity index (χ0) is 17.5. The average molecular weight is 343 g/mol. The van der Waals surface area contributed by atoms with Crippen LogP contribution in [-0.4, -0.2) is 44.3 Å². The Balaban J connectivity index is 2.22. The molecular formula is C16H30N2O4Si. The number of carbonyl (C=O) groups excluding carboxylic acids is 1. The van der Waals surface area contributed by atoms with E-state index >= 15 is 0 Å². The first-order valence-electron chi connectivity index (χ1n) is 8.16. The second-order valence-corrected chi connectivity index (χ2v) is 11.8. The maximum absolute atomic E-state index is 11.5. The molecule has 0 atom stereocenters. The van der Waals surface area contributed by atoms with Gasteiger partial charge in [0, 0.05) is 12.7 Å². The van der Waals surface area contributed by atoms with Crippen LogP contribution in [0.5, 0.6) is 5.88 Å². The lowest BCUT2D eigenvalue weighted by Crippen LogP contribution is -2.41. The molecular weight excluding hydrogens is 312 g/mol. The third-order valence-corrected chi connectivity index (χ3v) is 8.65. The van der Waals surface area contributed by atoms with Crippen molar-refractivity contribution in [2.24, 2.45) is 0 Å². The van der Waals surface area contributed by atoms with Crippen molar-refractivity contribution in [3.63, 3.8) is 0 Å². The van der Waals surface area contributed by atoms with Crippen molar-refractivity contribution in [2.75, 3.05) is 19.8 Å². The van der Waals surface area contributed by atoms with E-state index in [1.807, 2.05) is 0 Å². The smallest absolute Gasteiger partial charge is 0.356 e. The summed E-state index contributed by atoms with van der Waals surface area (Å²) in [6, 6.07) is 1.56. The van der Waals surface area contributed by atoms with E-state index in [2.05, 4.69) is 44.1 Å². The van der Waals surface area contributed by atoms with Crippen LogP contribution in [0.1, 0.15) is 51.0 Å². The molecule has 6 nitrogen and oxygen atoms in total. The van der Waals surface area contributed by atoms with Gasteiger partial charge in [-0.25, -0.2) is 4.79 Å². The number of aromatic nitrogens is 2. The van der Waals surface area contributed by atoms with Crippen molar-refractivity contribution in [1.82, 2.24) is 10.2 Å². The molecule has 1 N–H and O–H groups in total. The first kappa shape index (κ1) is 19.7. The monoisotopic (exact) mass is 342 g/mol. The van der Waals surface area contributed by atoms with Gasteiger partial charge < -0.3 is 13.9 Å². The molecule has 0 saturated heterocycles. The largest absolute Gasteiger partial charge is 0.477 e. The number of rotatable bonds is 9. The number of unbranched alkanes of at least 4 members (excludes halogenated alkanes) is 1. The molecule has 0 amide bonds. The van der Waals surface area contributed by atoms with Crippen molar-refractivity contribution in [1.29, 1.82) is 0 Å². The minimum atomic E-state index is -1.66. The topological polar surface area (TPSA) is 73.4 Å². The van der Waals surface area contributed by atoms with E-state index in [1.54, 1.807) is 13.0 Å². The summed E-state index contributed by atoms with van der Waals surface area (Å²) in [7, 11) is -1.66. The standard InChI is InChI=1S/C16H30N2O4Si/c1-7-20-15(19)13-12-14(18-17-13)21-10-8-9-11-22-23(5,6)16(2,3)4/h12H,7-11H2,1-6H3,(H,17,18). The highest BCUT2D eigenvalue weighted by Gasteiger charge is 2.36. The summed E-state index contributed by atoms with van der Waals surface area (Å²) in [5.74, 6) is -0.00371. The fraction of sp³-hybridized carbons (Fsp3) is 0.750. The van der Waals surface area contributed by atoms with Gasteiger partial charge in [-0.2, -0.15) is 0 Å². The first-order chi connectivity index (χ1) is 10.7. The number of nitrogens with zero attached hydrogens (tertiary/aromatic N) is 1. The average Bonchev–Trinajstić information content (AvgIpc) is 2.90. The summed E-state index contributed by atoms with van der Waals surface area (Å²) in [6.45, 7) is 14.6. The molecule has 1 aromatic heterocycles. The Labute approximate surface area is 140 Å². The molecule has 132 valence electrons. The van der Waals surface area contributed by atoms with E-state index < -0.39 is 14.3 Å². The van der Waals surface area contributed by atoms with Crippen LogP contribution in [0, 0.1) is 0 Å². The van der Waals surface area contributed by atoms with Gasteiger partial charge in [0.2, 0.25) is 5.88 Å². The third-order valence-electron chi connectivity index (χ3n) is 4.11. The van der Waals surface area contributed by atoms with Crippen molar-refractivity contribution in [3.05, 3.63) is 11.8 Å². The number of hydrogen-bond donors (Lipinski definition) is 1. The van der Waals surface area contributed by atoms with E-state index in [-0.39, 0.29) is 5.04 Å². The van der Waals surface area contributed by atoms with Gasteiger partial charge in [-0.05, 0) is 37.9 Å². The Morgan fingerprint density at radius 3 is 2.52 bits per heavy atom. The van der Waals surface area contributed by atoms with Crippen LogP contribution >= 0.6 is 0 Å². The maximum Gasteiger partial charge on any atom is 0.356 e. The van der Waals surface area contributed by atoms with Crippen molar-refractivity contribution in [2.45, 2.75) is 58.7 Å². The summed E-state index contributed by atoms with van der Waals surface area (Å²) in [6.07, 6.45) is 1.83. The number of nitrogens with one attached hydrogen (secondary N) is 1. The van der Waals surface area contributed by atoms with Crippen LogP contribution < -0.4 is 4.74 Å². The Bertz CT molecular complexity index is 495. The zero-order valence-corrected chi connectivity index (χ0v) is 16.2. The number of aromatic amines is 1. The molecule has 0 unspecified atom stereocenters. The van der Waals surface area contributed by atoms with E-state index in [0.29, 0.717) is 24.8 Å². The van der Waals surface area contributed by atoms with E-state index in [4.69, 9.17) is 13.9 Å². The fourth-order valence-corrected chi connectivity index (χ4v) is 2.70. The highest BCUT2D eigenvalue weighted by atomic mass is 28.4. The lowest BCUT2D eigenvalue weighted by Gasteiger charge is -2.36. The van der Waals surface area contributed by atoms with E-state index in [0.717, 1.165) is 19.4 Å². The van der Waals surface area contributed by atoms with Crippen molar-refractivity contribution >= 4 is 14.3 Å². The lowest BCUT2D eigenvalue weighted by atomic mass is 10.2. The Kier molecular flexibility index (Phi) is 7.28. The van der Waals surface area contributed by atoms with Gasteiger partial charge in [0.15, 0.2) is 8.32 Å². The normalized spacial score (nSPS) is 12.3. The van der Waals surface area contributed by atoms with E-state index in [1.165, 1.54) is 0 Å². The van der Waals surface area contributed by atoms with Crippen LogP contribution in [0.2, 0.25) is 18.1 Å². The molecule has 0 aromatic carbocycles. The van der Waals surface area contributed by atoms with Gasteiger partial charge in [-0.3, -0.25) is 5.10 Å². The molecule has 1 rings (SSSR count). The predicted molar refractivity (Wildman–Crippen MR) is 92.4 cm³/mol. The molecule has 0 aliphatic heterocycles. The van der Waals surface area contributed by atoms with Crippen LogP contribution in [-0.2, 0) is 9.16 Å². The first-order valence-corrected chi connectivity index (χ1v) is 11.1. The third kappa shape index (κ3) is 6.35. The lowest BCUT2D eigenvalue weighted by molar-refractivity contribution is 0.0519. The second-order valence-electron chi connectivity index (χ2n) is 7.00. The second kappa shape index (κ2) is 8.49. The SMILES string of the molecule is CCOC(=O)c1cc(OCCCCO[Si](C)(C)C(C)(C)C)n[nH]1. The Morgan fingerprint density at radius 1 is 1.26 bits per heavy atom. The highest BCUT2D eigenvalue weighted by molar-refractivity contribution is 6.74. The highest BCUT2D eigenvalue weighted by Crippen LogP contribution is 2.36. The molecule has 1 heterocycles. The molecule has 0 fully saturated rings. The predicted octanol–water partition coefficient (Wildman–Crippen LogP) is 3.77. The van der Waals surface area contributed by atoms with Crippen molar-refractivity contribution < 1.29 is 18.7 Å². The van der Waals surface area contributed by atoms with Crippen molar-refractivity contribution in [3.8, 4) is 5.88 Å². The molecule has 7 heteroatoms. The summed E-state index contributed by atoms with van der Waals surface area (Å²) >= 11 is 0. The van der Waals surface area contributed by atoms with Crippen LogP contribution in [0.25, 0.3) is 0 Å². The summed E-state index contributed by atoms with van der Waals surface area (Å²) in [4.78, 5) is 11.5. The molecule has 0 saturated carbocycles. The maximum atomic E-state index is 11.5. The van der Waals surface area contributed by atoms with E-state index in [9.17, 15) is 4.79 Å². The molecule has 0 radical (unpaired) electrons. The van der Waals surface area contributed by atoms with Crippen LogP contribution in [0.3, 0.4) is 0 Å². The minimum Gasteiger partial charge on any atom is -0.477 e. The van der Waals surface area contributed by atoms with Crippen LogP contribution in [0.4, 0.5) is 0 Å². The molecule has 0 spiro atoms. The zero-order valence-electron chi connectivity index (χ0n) is 15.2.